The number of carbonyl (C=O) groups excluding carboxylic acids is 1. The fraction of sp³-hybridized carbons (Fsp3) is 0.0952. The molecule has 0 aliphatic heterocycles. The Balaban J connectivity index is 1.92. The van der Waals surface area contributed by atoms with Crippen LogP contribution in [-0.2, 0) is 0 Å². The van der Waals surface area contributed by atoms with Crippen molar-refractivity contribution in [2.24, 2.45) is 0 Å². The first-order valence-corrected chi connectivity index (χ1v) is 9.86. The minimum absolute atomic E-state index is 0.109. The van der Waals surface area contributed by atoms with Gasteiger partial charge in [-0.15, -0.1) is 11.3 Å². The molecular formula is C21H17IO3S. The van der Waals surface area contributed by atoms with Crippen molar-refractivity contribution in [1.82, 2.24) is 0 Å². The van der Waals surface area contributed by atoms with Crippen molar-refractivity contribution in [2.45, 2.75) is 0 Å². The molecule has 0 radical (unpaired) electrons. The zero-order chi connectivity index (χ0) is 18.5. The number of halogens is 1. The van der Waals surface area contributed by atoms with E-state index in [4.69, 9.17) is 9.47 Å². The fourth-order valence-corrected chi connectivity index (χ4v) is 3.77. The lowest BCUT2D eigenvalue weighted by Crippen LogP contribution is -1.99. The maximum absolute atomic E-state index is 12.6. The largest absolute Gasteiger partial charge is 0.496 e. The third-order valence-electron chi connectivity index (χ3n) is 3.88. The summed E-state index contributed by atoms with van der Waals surface area (Å²) in [5.41, 5.74) is 2.49. The van der Waals surface area contributed by atoms with E-state index in [1.165, 1.54) is 4.88 Å². The van der Waals surface area contributed by atoms with Gasteiger partial charge in [0.1, 0.15) is 11.5 Å². The summed E-state index contributed by atoms with van der Waals surface area (Å²) in [5.74, 6) is 1.19. The van der Waals surface area contributed by atoms with Gasteiger partial charge in [-0.3, -0.25) is 4.79 Å². The molecule has 0 saturated heterocycles. The predicted molar refractivity (Wildman–Crippen MR) is 115 cm³/mol. The molecule has 2 aromatic carbocycles. The van der Waals surface area contributed by atoms with E-state index < -0.39 is 0 Å². The lowest BCUT2D eigenvalue weighted by atomic mass is 10.1. The molecule has 3 aromatic rings. The van der Waals surface area contributed by atoms with E-state index in [-0.39, 0.29) is 5.78 Å². The van der Waals surface area contributed by atoms with Crippen LogP contribution in [0.4, 0.5) is 0 Å². The van der Waals surface area contributed by atoms with Crippen molar-refractivity contribution >= 4 is 45.8 Å². The summed E-state index contributed by atoms with van der Waals surface area (Å²) in [4.78, 5) is 13.8. The first-order valence-electron chi connectivity index (χ1n) is 7.90. The van der Waals surface area contributed by atoms with Gasteiger partial charge in [0.05, 0.1) is 19.8 Å². The monoisotopic (exact) mass is 476 g/mol. The maximum atomic E-state index is 12.6. The summed E-state index contributed by atoms with van der Waals surface area (Å²) in [7, 11) is 3.20. The van der Waals surface area contributed by atoms with Crippen molar-refractivity contribution < 1.29 is 14.3 Å². The molecule has 0 spiro atoms. The van der Waals surface area contributed by atoms with E-state index in [1.807, 2.05) is 41.8 Å². The van der Waals surface area contributed by atoms with Crippen LogP contribution in [0.1, 0.15) is 15.9 Å². The molecule has 26 heavy (non-hydrogen) atoms. The zero-order valence-corrected chi connectivity index (χ0v) is 17.3. The van der Waals surface area contributed by atoms with Crippen molar-refractivity contribution in [1.29, 1.82) is 0 Å². The maximum Gasteiger partial charge on any atom is 0.189 e. The number of ketones is 1. The lowest BCUT2D eigenvalue weighted by Gasteiger charge is -2.08. The number of hydrogen-bond acceptors (Lipinski definition) is 4. The molecule has 0 atom stereocenters. The Kier molecular flexibility index (Phi) is 6.11. The highest BCUT2D eigenvalue weighted by Gasteiger charge is 2.11. The number of thiophene rings is 1. The Morgan fingerprint density at radius 3 is 2.54 bits per heavy atom. The van der Waals surface area contributed by atoms with Gasteiger partial charge in [-0.05, 0) is 88.2 Å². The van der Waals surface area contributed by atoms with E-state index in [9.17, 15) is 4.79 Å². The zero-order valence-electron chi connectivity index (χ0n) is 14.4. The number of hydrogen-bond donors (Lipinski definition) is 0. The summed E-state index contributed by atoms with van der Waals surface area (Å²) in [6.07, 6.45) is 3.34. The molecule has 0 aliphatic carbocycles. The molecule has 0 N–H and O–H groups in total. The molecule has 3 nitrogen and oxygen atoms in total. The Morgan fingerprint density at radius 2 is 1.85 bits per heavy atom. The van der Waals surface area contributed by atoms with E-state index in [1.54, 1.807) is 43.8 Å². The third-order valence-corrected chi connectivity index (χ3v) is 5.47. The second kappa shape index (κ2) is 8.51. The molecule has 0 unspecified atom stereocenters. The van der Waals surface area contributed by atoms with Gasteiger partial charge >= 0.3 is 0 Å². The van der Waals surface area contributed by atoms with Gasteiger partial charge in [-0.25, -0.2) is 0 Å². The molecule has 5 heteroatoms. The molecule has 0 saturated carbocycles. The van der Waals surface area contributed by atoms with Crippen molar-refractivity contribution in [3.05, 3.63) is 74.7 Å². The van der Waals surface area contributed by atoms with Crippen molar-refractivity contribution in [3.8, 4) is 21.9 Å². The molecule has 132 valence electrons. The molecule has 1 heterocycles. The van der Waals surface area contributed by atoms with Crippen LogP contribution in [0.15, 0.2) is 60.0 Å². The summed E-state index contributed by atoms with van der Waals surface area (Å²) in [6.45, 7) is 0. The van der Waals surface area contributed by atoms with Crippen LogP contribution < -0.4 is 9.47 Å². The SMILES string of the molecule is COc1ccc(-c2cccs2)cc1C=CC(=O)c1ccc(I)cc1OC. The van der Waals surface area contributed by atoms with Crippen LogP contribution in [0.2, 0.25) is 0 Å². The summed E-state index contributed by atoms with van der Waals surface area (Å²) in [5, 5.41) is 2.04. The Labute approximate surface area is 170 Å². The van der Waals surface area contributed by atoms with Gasteiger partial charge in [-0.1, -0.05) is 6.07 Å². The molecule has 0 amide bonds. The van der Waals surface area contributed by atoms with Gasteiger partial charge in [0.25, 0.3) is 0 Å². The highest BCUT2D eigenvalue weighted by Crippen LogP contribution is 2.30. The second-order valence-electron chi connectivity index (χ2n) is 5.48. The van der Waals surface area contributed by atoms with Crippen LogP contribution in [0, 0.1) is 3.57 Å². The molecule has 0 fully saturated rings. The van der Waals surface area contributed by atoms with Gasteiger partial charge in [0.15, 0.2) is 5.78 Å². The van der Waals surface area contributed by atoms with Crippen LogP contribution >= 0.6 is 33.9 Å². The smallest absolute Gasteiger partial charge is 0.189 e. The normalized spacial score (nSPS) is 10.9. The van der Waals surface area contributed by atoms with Crippen LogP contribution in [0.25, 0.3) is 16.5 Å². The van der Waals surface area contributed by atoms with Crippen LogP contribution in [-0.4, -0.2) is 20.0 Å². The minimum Gasteiger partial charge on any atom is -0.496 e. The van der Waals surface area contributed by atoms with Crippen LogP contribution in [0.5, 0.6) is 11.5 Å². The van der Waals surface area contributed by atoms with E-state index >= 15 is 0 Å². The Hall–Kier alpha value is -2.12. The quantitative estimate of drug-likeness (QED) is 0.251. The highest BCUT2D eigenvalue weighted by molar-refractivity contribution is 14.1. The lowest BCUT2D eigenvalue weighted by molar-refractivity contribution is 0.104. The third kappa shape index (κ3) is 4.16. The number of benzene rings is 2. The number of methoxy groups -OCH3 is 2. The topological polar surface area (TPSA) is 35.5 Å². The average molecular weight is 476 g/mol. The summed E-state index contributed by atoms with van der Waals surface area (Å²) >= 11 is 3.87. The number of allylic oxidation sites excluding steroid dienone is 1. The summed E-state index contributed by atoms with van der Waals surface area (Å²) in [6, 6.07) is 15.6. The second-order valence-corrected chi connectivity index (χ2v) is 7.67. The number of ether oxygens (including phenoxy) is 2. The molecule has 0 aliphatic rings. The van der Waals surface area contributed by atoms with Gasteiger partial charge in [0.2, 0.25) is 0 Å². The van der Waals surface area contributed by atoms with Gasteiger partial charge in [-0.2, -0.15) is 0 Å². The van der Waals surface area contributed by atoms with Crippen molar-refractivity contribution in [2.75, 3.05) is 14.2 Å². The minimum atomic E-state index is -0.109. The molecule has 0 bridgehead atoms. The molecular weight excluding hydrogens is 459 g/mol. The highest BCUT2D eigenvalue weighted by atomic mass is 127. The first-order chi connectivity index (χ1) is 12.6. The van der Waals surface area contributed by atoms with Gasteiger partial charge < -0.3 is 9.47 Å². The molecule has 1 aromatic heterocycles. The molecule has 3 rings (SSSR count). The van der Waals surface area contributed by atoms with E-state index in [0.717, 1.165) is 20.4 Å². The van der Waals surface area contributed by atoms with E-state index in [0.29, 0.717) is 11.3 Å². The summed E-state index contributed by atoms with van der Waals surface area (Å²) < 4.78 is 11.8. The first kappa shape index (κ1) is 18.7. The van der Waals surface area contributed by atoms with Crippen molar-refractivity contribution in [3.63, 3.8) is 0 Å². The Morgan fingerprint density at radius 1 is 1.04 bits per heavy atom. The Bertz CT molecular complexity index is 946. The van der Waals surface area contributed by atoms with Gasteiger partial charge in [0, 0.05) is 14.0 Å². The fourth-order valence-electron chi connectivity index (χ4n) is 2.58. The average Bonchev–Trinajstić information content (AvgIpc) is 3.20. The van der Waals surface area contributed by atoms with Crippen LogP contribution in [0.3, 0.4) is 0 Å². The standard InChI is InChI=1S/C21H17IO3S/c1-24-19-10-6-15(21-4-3-11-26-21)12-14(19)5-9-18(23)17-8-7-16(22)13-20(17)25-2/h3-13H,1-2H3. The van der Waals surface area contributed by atoms with E-state index in [2.05, 4.69) is 28.7 Å². The predicted octanol–water partition coefficient (Wildman–Crippen LogP) is 5.93. The number of carbonyl (C=O) groups is 1. The number of rotatable bonds is 6.